The maximum absolute atomic E-state index is 13.7. The number of hydrogen-bond acceptors (Lipinski definition) is 19. The predicted molar refractivity (Wildman–Crippen MR) is 394 cm³/mol. The second-order valence-corrected chi connectivity index (χ2v) is 32.5. The Morgan fingerprint density at radius 3 is 1.49 bits per heavy atom. The summed E-state index contributed by atoms with van der Waals surface area (Å²) >= 11 is 14.2. The maximum atomic E-state index is 13.7. The molecule has 4 atom stereocenters. The molecular formula is C69H73Cl2F3N14O9S5. The van der Waals surface area contributed by atoms with E-state index in [1.807, 2.05) is 30.0 Å². The van der Waals surface area contributed by atoms with E-state index in [4.69, 9.17) is 23.2 Å². The van der Waals surface area contributed by atoms with Crippen LogP contribution < -0.4 is 38.7 Å². The Hall–Kier alpha value is -8.79. The van der Waals surface area contributed by atoms with Crippen molar-refractivity contribution in [3.05, 3.63) is 207 Å². The minimum Gasteiger partial charge on any atom is -0.359 e. The summed E-state index contributed by atoms with van der Waals surface area (Å²) in [6.07, 6.45) is 7.71. The van der Waals surface area contributed by atoms with Crippen LogP contribution in [0.5, 0.6) is 0 Å². The van der Waals surface area contributed by atoms with Gasteiger partial charge in [-0.25, -0.2) is 48.4 Å². The van der Waals surface area contributed by atoms with Crippen molar-refractivity contribution in [3.63, 3.8) is 0 Å². The molecule has 0 saturated carbocycles. The molecule has 4 fully saturated rings. The molecule has 0 unspecified atom stereocenters. The molecule has 4 saturated heterocycles. The van der Waals surface area contributed by atoms with E-state index in [2.05, 4.69) is 49.0 Å². The number of amides is 3. The van der Waals surface area contributed by atoms with Gasteiger partial charge in [-0.2, -0.15) is 0 Å². The SMILES string of the molecule is C[C@@H](c1ccc(F)c(F)c1)N1CCN([C@H]2CCN(c3ccc(S(=O)(=O)Nc4nccs4)cc3)C2=O)CC1.O=C1[C@@H](N2CCc3cc(F)ccc32)CCN1c1ccc(S(=O)(=O)Nc2nccs2)cc1.O=C1[C@H](N2CCCc3cc(Cl)ccc32)CCN1c1ccc(S(=O)(=O)Nc2ccc(Cl)nn2)cc1.[HH].[HH].[HH]. The highest BCUT2D eigenvalue weighted by molar-refractivity contribution is 7.93. The summed E-state index contributed by atoms with van der Waals surface area (Å²) in [6.45, 7) is 7.94. The molecule has 6 aromatic carbocycles. The molecule has 0 spiro atoms. The van der Waals surface area contributed by atoms with E-state index in [1.54, 1.807) is 74.0 Å². The van der Waals surface area contributed by atoms with Crippen molar-refractivity contribution in [3.8, 4) is 0 Å². The zero-order valence-corrected chi connectivity index (χ0v) is 60.1. The lowest BCUT2D eigenvalue weighted by molar-refractivity contribution is -0.122. The van der Waals surface area contributed by atoms with Crippen molar-refractivity contribution >= 4 is 138 Å². The van der Waals surface area contributed by atoms with Gasteiger partial charge < -0.3 is 24.5 Å². The number of aryl methyl sites for hydroxylation is 1. The van der Waals surface area contributed by atoms with E-state index < -0.39 is 41.7 Å². The molecule has 538 valence electrons. The number of halogens is 5. The molecule has 0 radical (unpaired) electrons. The minimum absolute atomic E-state index is 0. The number of thiazole rings is 2. The summed E-state index contributed by atoms with van der Waals surface area (Å²) in [4.78, 5) is 61.6. The smallest absolute Gasteiger partial charge is 0.263 e. The molecular weight excluding hydrogens is 1460 g/mol. The summed E-state index contributed by atoms with van der Waals surface area (Å²) in [7, 11) is -11.4. The molecule has 9 heterocycles. The third kappa shape index (κ3) is 15.7. The summed E-state index contributed by atoms with van der Waals surface area (Å²) in [5, 5.41) is 12.2. The largest absolute Gasteiger partial charge is 0.359 e. The Morgan fingerprint density at radius 1 is 0.500 bits per heavy atom. The molecule has 6 aliphatic rings. The van der Waals surface area contributed by atoms with Crippen molar-refractivity contribution in [1.29, 1.82) is 0 Å². The lowest BCUT2D eigenvalue weighted by atomic mass is 9.99. The van der Waals surface area contributed by atoms with E-state index in [9.17, 15) is 52.8 Å². The normalized spacial score (nSPS) is 19.1. The lowest BCUT2D eigenvalue weighted by Gasteiger charge is -2.40. The number of piperazine rings is 1. The number of carbonyl (C=O) groups excluding carboxylic acids is 3. The number of anilines is 8. The highest BCUT2D eigenvalue weighted by Crippen LogP contribution is 2.38. The van der Waals surface area contributed by atoms with Gasteiger partial charge in [-0.15, -0.1) is 32.9 Å². The van der Waals surface area contributed by atoms with Crippen molar-refractivity contribution < 1.29 is 57.1 Å². The number of rotatable bonds is 17. The average Bonchev–Trinajstić information content (AvgIpc) is 1.64. The van der Waals surface area contributed by atoms with Crippen LogP contribution in [0.1, 0.15) is 59.6 Å². The maximum Gasteiger partial charge on any atom is 0.263 e. The van der Waals surface area contributed by atoms with Gasteiger partial charge >= 0.3 is 0 Å². The molecule has 3 amide bonds. The molecule has 3 N–H and O–H groups in total. The molecule has 23 nitrogen and oxygen atoms in total. The lowest BCUT2D eigenvalue weighted by Crippen LogP contribution is -2.52. The first-order chi connectivity index (χ1) is 49.0. The van der Waals surface area contributed by atoms with Crippen LogP contribution in [-0.4, -0.2) is 150 Å². The second-order valence-electron chi connectivity index (χ2n) is 24.8. The highest BCUT2D eigenvalue weighted by Gasteiger charge is 2.42. The quantitative estimate of drug-likeness (QED) is 0.0765. The standard InChI is InChI=1S/C25H27F2N5O3S2.C23H21Cl2N5O3S.C21H19FN4O3S2.3H2/c1-17(18-2-7-21(26)22(27)16-18)30-11-13-31(14-12-30)23-8-10-32(24(23)33)19-3-5-20(6-4-19)37(34,35)29-25-28-9-15-36-25;24-16-3-8-19-15(14-16)2-1-12-30(19)20-11-13-29(23(20)31)17-4-6-18(7-5-17)34(32,33)28-22-10-9-21(25)26-27-22;22-15-1-6-18-14(13-15)7-10-26(18)19-8-11-25(20(19)27)16-2-4-17(5-3-16)31(28,29)24-21-23-9-12-30-21;;;/h2-7,9,15-17,23H,8,10-14H2,1H3,(H,28,29);3-10,14,20H,1-2,11-13H2,(H,27,28);1-6,9,12-13,19H,7-8,10-11H2,(H,23,24);3*1H/t17-,23-;20-;19-;;;/m010.../s1. The van der Waals surface area contributed by atoms with Gasteiger partial charge in [0.25, 0.3) is 30.1 Å². The van der Waals surface area contributed by atoms with Crippen LogP contribution in [0.3, 0.4) is 0 Å². The number of carbonyl (C=O) groups is 3. The van der Waals surface area contributed by atoms with Crippen LogP contribution in [0, 0.1) is 17.5 Å². The molecule has 3 aromatic heterocycles. The summed E-state index contributed by atoms with van der Waals surface area (Å²) < 4.78 is 123. The molecule has 33 heteroatoms. The van der Waals surface area contributed by atoms with Crippen molar-refractivity contribution in [2.24, 2.45) is 0 Å². The third-order valence-electron chi connectivity index (χ3n) is 18.8. The molecule has 0 aliphatic carbocycles. The van der Waals surface area contributed by atoms with Gasteiger partial charge in [0.2, 0.25) is 17.7 Å². The number of sulfonamides is 3. The van der Waals surface area contributed by atoms with Crippen molar-refractivity contribution in [2.45, 2.75) is 84.3 Å². The zero-order valence-electron chi connectivity index (χ0n) is 54.5. The van der Waals surface area contributed by atoms with Gasteiger partial charge in [0.05, 0.1) is 20.7 Å². The van der Waals surface area contributed by atoms with Gasteiger partial charge in [0.15, 0.2) is 32.9 Å². The Bertz CT molecular complexity index is 4920. The molecule has 0 bridgehead atoms. The van der Waals surface area contributed by atoms with E-state index in [-0.39, 0.29) is 77.6 Å². The first-order valence-corrected chi connectivity index (χ1v) is 39.6. The predicted octanol–water partition coefficient (Wildman–Crippen LogP) is 11.8. The monoisotopic (exact) mass is 1530 g/mol. The van der Waals surface area contributed by atoms with Crippen LogP contribution in [-0.2, 0) is 57.3 Å². The van der Waals surface area contributed by atoms with Crippen molar-refractivity contribution in [1.82, 2.24) is 30.0 Å². The van der Waals surface area contributed by atoms with Crippen LogP contribution in [0.4, 0.5) is 57.7 Å². The topological polar surface area (TPSA) is 264 Å². The molecule has 102 heavy (non-hydrogen) atoms. The number of nitrogens with one attached hydrogen (secondary N) is 3. The van der Waals surface area contributed by atoms with Crippen LogP contribution in [0.15, 0.2) is 177 Å². The van der Waals surface area contributed by atoms with E-state index >= 15 is 0 Å². The second kappa shape index (κ2) is 30.3. The van der Waals surface area contributed by atoms with Gasteiger partial charge in [0, 0.05) is 126 Å². The fourth-order valence-corrected chi connectivity index (χ4v) is 18.5. The van der Waals surface area contributed by atoms with E-state index in [0.717, 1.165) is 59.9 Å². The van der Waals surface area contributed by atoms with E-state index in [0.29, 0.717) is 104 Å². The van der Waals surface area contributed by atoms with E-state index in [1.165, 1.54) is 102 Å². The third-order valence-corrected chi connectivity index (χ3v) is 24.9. The van der Waals surface area contributed by atoms with Crippen molar-refractivity contribution in [2.75, 3.05) is 97.6 Å². The Kier molecular flexibility index (Phi) is 21.2. The van der Waals surface area contributed by atoms with Crippen LogP contribution >= 0.6 is 45.9 Å². The van der Waals surface area contributed by atoms with Gasteiger partial charge in [-0.3, -0.25) is 38.3 Å². The van der Waals surface area contributed by atoms with Gasteiger partial charge in [-0.1, -0.05) is 29.3 Å². The van der Waals surface area contributed by atoms with Gasteiger partial charge in [-0.05, 0) is 196 Å². The number of fused-ring (bicyclic) bond motifs is 2. The summed E-state index contributed by atoms with van der Waals surface area (Å²) in [5.74, 6) is -1.93. The Labute approximate surface area is 610 Å². The number of benzene rings is 6. The zero-order chi connectivity index (χ0) is 71.6. The first-order valence-electron chi connectivity index (χ1n) is 32.6. The Balaban J connectivity index is 0.000000167. The Morgan fingerprint density at radius 2 is 0.990 bits per heavy atom. The van der Waals surface area contributed by atoms with Gasteiger partial charge in [0.1, 0.15) is 17.9 Å². The molecule has 9 aromatic rings. The minimum atomic E-state index is -3.86. The van der Waals surface area contributed by atoms with Crippen LogP contribution in [0.2, 0.25) is 10.2 Å². The summed E-state index contributed by atoms with van der Waals surface area (Å²) in [6, 6.07) is 35.3. The number of aromatic nitrogens is 4. The fourth-order valence-electron chi connectivity index (χ4n) is 13.6. The fraction of sp³-hybridized carbons (Fsp3) is 0.290. The molecule has 6 aliphatic heterocycles. The summed E-state index contributed by atoms with van der Waals surface area (Å²) in [5.41, 5.74) is 6.76. The number of nitrogens with zero attached hydrogens (tertiary/aromatic N) is 11. The number of hydrogen-bond donors (Lipinski definition) is 3. The van der Waals surface area contributed by atoms with Crippen LogP contribution in [0.25, 0.3) is 0 Å². The first kappa shape index (κ1) is 71.6. The highest BCUT2D eigenvalue weighted by atomic mass is 35.5. The molecule has 15 rings (SSSR count). The average molecular weight is 1530 g/mol.